The molecular weight excluding hydrogens is 1800 g/mol. The van der Waals surface area contributed by atoms with Crippen LogP contribution >= 0.6 is 22.7 Å². The summed E-state index contributed by atoms with van der Waals surface area (Å²) in [4.78, 5) is 90.8. The summed E-state index contributed by atoms with van der Waals surface area (Å²) in [5.41, 5.74) is 12.8. The average Bonchev–Trinajstić information content (AvgIpc) is 1.49. The van der Waals surface area contributed by atoms with E-state index in [0.717, 1.165) is 186 Å². The molecule has 4 aromatic heterocycles. The van der Waals surface area contributed by atoms with E-state index in [1.807, 2.05) is 36.4 Å². The molecule has 0 radical (unpaired) electrons. The number of fused-ring (bicyclic) bond motifs is 12. The van der Waals surface area contributed by atoms with Gasteiger partial charge in [-0.2, -0.15) is 0 Å². The van der Waals surface area contributed by atoms with Gasteiger partial charge in [-0.1, -0.05) is 176 Å². The molecule has 9 saturated carbocycles. The summed E-state index contributed by atoms with van der Waals surface area (Å²) in [5.74, 6) is 10.5. The molecular formula is C114H167N7O17S2. The second kappa shape index (κ2) is 50.7. The van der Waals surface area contributed by atoms with Crippen LogP contribution in [0.3, 0.4) is 0 Å². The Kier molecular flexibility index (Phi) is 39.6. The number of hydrogen-bond acceptors (Lipinski definition) is 24. The number of nitrogens with two attached hydrogens (primary N) is 1. The van der Waals surface area contributed by atoms with E-state index in [-0.39, 0.29) is 105 Å². The van der Waals surface area contributed by atoms with Crippen molar-refractivity contribution in [3.8, 4) is 23.0 Å². The van der Waals surface area contributed by atoms with Crippen molar-refractivity contribution in [3.05, 3.63) is 113 Å². The lowest BCUT2D eigenvalue weighted by atomic mass is 9.47. The Morgan fingerprint density at radius 1 is 0.464 bits per heavy atom. The van der Waals surface area contributed by atoms with Crippen LogP contribution in [0.25, 0.3) is 20.4 Å². The molecule has 0 aliphatic heterocycles. The van der Waals surface area contributed by atoms with Crippen molar-refractivity contribution in [3.63, 3.8) is 0 Å². The topological polar surface area (TPSA) is 339 Å². The lowest BCUT2D eigenvalue weighted by molar-refractivity contribution is -0.160. The fourth-order valence-electron chi connectivity index (χ4n) is 27.2. The molecule has 6 aromatic rings. The molecule has 140 heavy (non-hydrogen) atoms. The number of aliphatic hydroxyl groups is 3. The molecule has 0 spiro atoms. The highest BCUT2D eigenvalue weighted by atomic mass is 32.1. The predicted molar refractivity (Wildman–Crippen MR) is 552 cm³/mol. The molecule has 17 rings (SSSR count). The van der Waals surface area contributed by atoms with Crippen molar-refractivity contribution < 1.29 is 82.0 Å². The number of hydrogen-bond donors (Lipinski definition) is 6. The first-order chi connectivity index (χ1) is 66.8. The van der Waals surface area contributed by atoms with Crippen LogP contribution in [0.5, 0.6) is 23.0 Å². The van der Waals surface area contributed by atoms with Gasteiger partial charge in [0.25, 0.3) is 11.8 Å². The van der Waals surface area contributed by atoms with Gasteiger partial charge in [-0.15, -0.1) is 11.3 Å². The van der Waals surface area contributed by atoms with Crippen molar-refractivity contribution in [2.24, 2.45) is 98.6 Å². The monoisotopic (exact) mass is 1970 g/mol. The summed E-state index contributed by atoms with van der Waals surface area (Å²) in [6, 6.07) is 17.9. The van der Waals surface area contributed by atoms with Crippen molar-refractivity contribution in [2.45, 2.75) is 370 Å². The number of esters is 4. The number of ether oxygens (including phenoxy) is 8. The van der Waals surface area contributed by atoms with Gasteiger partial charge in [0.05, 0.1) is 94.9 Å². The minimum atomic E-state index is -0.591. The summed E-state index contributed by atoms with van der Waals surface area (Å²) in [5, 5.41) is 34.5. The SMILES string of the molecule is C.CC(C)CCC[C@@H](C)[C@H]1CCC2C3CC=C4C[C@@H](OCCOC(=O)CCC(=O)OC5CCCC[C@@H]5O)CC[C@]4(C)C3CC[C@@]21C.CNC(=O)c1cc(Oc2ccc3nc(C[C@H]4CCCCC4OC(=O)CCC(=O)OCCO[C@H]4CC[C@@]5(C)C(=CCC6C5CC[C@@]5(C)C6CC[C@@H]5[C@H](C)CCCC(C)C)C4)sc3c2)ccn1.CNC(=O)c1cc(Oc2ccc3nc(N)sc3c2)ccn1.O[C@H]1CCCC[C@@H]1O. The van der Waals surface area contributed by atoms with E-state index in [4.69, 9.17) is 58.8 Å². The van der Waals surface area contributed by atoms with Crippen LogP contribution in [-0.4, -0.2) is 154 Å². The van der Waals surface area contributed by atoms with Crippen molar-refractivity contribution >= 4 is 83.9 Å². The Morgan fingerprint density at radius 2 is 0.893 bits per heavy atom. The van der Waals surface area contributed by atoms with Crippen LogP contribution in [0.1, 0.15) is 347 Å². The van der Waals surface area contributed by atoms with E-state index >= 15 is 0 Å². The molecule has 2 aromatic carbocycles. The van der Waals surface area contributed by atoms with E-state index in [1.54, 1.807) is 67.0 Å². The molecule has 11 aliphatic carbocycles. The summed E-state index contributed by atoms with van der Waals surface area (Å²) >= 11 is 3.01. The molecule has 0 saturated heterocycles. The largest absolute Gasteiger partial charge is 0.463 e. The number of nitrogens with zero attached hydrogens (tertiary/aromatic N) is 4. The van der Waals surface area contributed by atoms with Gasteiger partial charge in [0.15, 0.2) is 5.13 Å². The third-order valence-corrected chi connectivity index (χ3v) is 36.7. The fourth-order valence-corrected chi connectivity index (χ4v) is 29.1. The van der Waals surface area contributed by atoms with E-state index in [1.165, 1.54) is 133 Å². The summed E-state index contributed by atoms with van der Waals surface area (Å²) in [6.07, 6.45) is 46.6. The van der Waals surface area contributed by atoms with E-state index in [9.17, 15) is 33.9 Å². The maximum absolute atomic E-state index is 13.0. The van der Waals surface area contributed by atoms with Crippen LogP contribution in [-0.2, 0) is 54.0 Å². The van der Waals surface area contributed by atoms with Crippen molar-refractivity contribution in [2.75, 3.05) is 46.3 Å². The second-order valence-corrected chi connectivity index (χ2v) is 46.8. The number of allylic oxidation sites excluding steroid dienone is 2. The minimum absolute atomic E-state index is 0. The lowest BCUT2D eigenvalue weighted by Gasteiger charge is -2.58. The number of carbonyl (C=O) groups is 6. The van der Waals surface area contributed by atoms with Crippen LogP contribution < -0.4 is 25.8 Å². The number of benzene rings is 2. The number of anilines is 1. The van der Waals surface area contributed by atoms with Gasteiger partial charge in [0, 0.05) is 63.1 Å². The molecule has 9 fully saturated rings. The van der Waals surface area contributed by atoms with Gasteiger partial charge in [0.2, 0.25) is 0 Å². The summed E-state index contributed by atoms with van der Waals surface area (Å²) in [6.45, 7) is 26.3. The molecule has 4 heterocycles. The van der Waals surface area contributed by atoms with Gasteiger partial charge in [-0.05, 0) is 283 Å². The average molecular weight is 1970 g/mol. The highest BCUT2D eigenvalue weighted by Gasteiger charge is 2.61. The molecule has 22 atom stereocenters. The number of nitrogen functional groups attached to an aromatic ring is 1. The molecule has 0 bridgehead atoms. The van der Waals surface area contributed by atoms with Gasteiger partial charge in [-0.25, -0.2) is 9.97 Å². The van der Waals surface area contributed by atoms with E-state index in [0.29, 0.717) is 82.5 Å². The second-order valence-electron chi connectivity index (χ2n) is 44.6. The first-order valence-electron chi connectivity index (χ1n) is 53.4. The third-order valence-electron chi connectivity index (χ3n) is 34.8. The van der Waals surface area contributed by atoms with E-state index in [2.05, 4.69) is 107 Å². The number of aromatic nitrogens is 4. The number of carbonyl (C=O) groups excluding carboxylic acids is 6. The first-order valence-corrected chi connectivity index (χ1v) is 55.1. The number of amides is 2. The maximum atomic E-state index is 13.0. The molecule has 8 unspecified atom stereocenters. The van der Waals surface area contributed by atoms with E-state index < -0.39 is 36.4 Å². The van der Waals surface area contributed by atoms with Crippen LogP contribution in [0.4, 0.5) is 5.13 Å². The highest BCUT2D eigenvalue weighted by molar-refractivity contribution is 7.22. The molecule has 26 heteroatoms. The Bertz CT molecular complexity index is 5120. The zero-order chi connectivity index (χ0) is 98.7. The molecule has 24 nitrogen and oxygen atoms in total. The molecule has 7 N–H and O–H groups in total. The summed E-state index contributed by atoms with van der Waals surface area (Å²) < 4.78 is 48.6. The number of aliphatic hydroxyl groups excluding tert-OH is 3. The summed E-state index contributed by atoms with van der Waals surface area (Å²) in [7, 11) is 3.12. The van der Waals surface area contributed by atoms with Gasteiger partial charge in [0.1, 0.15) is 59.8 Å². The highest BCUT2D eigenvalue weighted by Crippen LogP contribution is 2.70. The maximum Gasteiger partial charge on any atom is 0.306 e. The third kappa shape index (κ3) is 27.8. The zero-order valence-corrected chi connectivity index (χ0v) is 86.9. The number of rotatable bonds is 34. The van der Waals surface area contributed by atoms with Gasteiger partial charge < -0.3 is 69.6 Å². The number of thiazole rings is 2. The Hall–Kier alpha value is -7.98. The number of pyridine rings is 2. The lowest BCUT2D eigenvalue weighted by Crippen LogP contribution is -2.51. The quantitative estimate of drug-likeness (QED) is 0.00946. The molecule has 772 valence electrons. The first kappa shape index (κ1) is 109. The Morgan fingerprint density at radius 3 is 1.36 bits per heavy atom. The standard InChI is InChI=1S/C54H75N3O7S.C39H64O6.C14H12N4O2S.C6H12O2.CH4/c1-34(2)10-9-11-35(3)42-17-18-43-41-16-14-37-31-38(22-25-53(37,4)44(41)23-26-54(42,43)5)61-28-29-62-50(58)20-21-51(59)64-47-13-8-7-12-36(47)30-49-57-45-19-15-39(33-48(45)65-49)63-40-24-27-56-46(32-40)52(60)55-6;1-26(2)9-8-10-27(3)31-15-16-32-30-14-13-28-25-29(19-21-38(28,4)33(30)20-22-39(31,32)5)43-23-24-44-36(41)17-18-37(42)45-35-12-7-6-11-34(35)40;1-16-13(19)11-6-9(4-5-17-11)20-8-2-3-10-12(7-8)21-14(15)18-10;7-5-3-1-2-4-6(5)8;/h14-15,19,24,27,32-36,38,41-44,47H,7-13,16-18,20-23,25-26,28-31H2,1-6H3,(H,55,60);13,26-27,29-35,40H,6-12,14-25H2,1-5H3;2-7H,1H3,(H2,15,18)(H,16,19);5-8H,1-4H2;1H4/t35-,36-,38+,41?,42-,43?,44?,47?,53+,54-;27-,29+,30?,31-,32?,33?,34+,35?,38+,39-;;5-,6-;/m11.0./s1. The predicted octanol–water partition coefficient (Wildman–Crippen LogP) is 24.2. The Balaban J connectivity index is 0.000000188. The normalized spacial score (nSPS) is 30.2. The zero-order valence-electron chi connectivity index (χ0n) is 85.3. The molecule has 11 aliphatic rings. The minimum Gasteiger partial charge on any atom is -0.463 e. The van der Waals surface area contributed by atoms with Crippen LogP contribution in [0.15, 0.2) is 96.4 Å². The van der Waals surface area contributed by atoms with Gasteiger partial charge >= 0.3 is 23.9 Å². The molecule has 2 amide bonds. The van der Waals surface area contributed by atoms with Crippen LogP contribution in [0.2, 0.25) is 0 Å². The fraction of sp³-hybridized carbons (Fsp3) is 0.702. The van der Waals surface area contributed by atoms with Crippen LogP contribution in [0, 0.1) is 98.6 Å². The number of nitrogens with one attached hydrogen (secondary N) is 2. The van der Waals surface area contributed by atoms with Crippen molar-refractivity contribution in [1.82, 2.24) is 30.6 Å². The van der Waals surface area contributed by atoms with Gasteiger partial charge in [-0.3, -0.25) is 38.7 Å². The Labute approximate surface area is 841 Å². The smallest absolute Gasteiger partial charge is 0.306 e. The van der Waals surface area contributed by atoms with Crippen molar-refractivity contribution in [1.29, 1.82) is 0 Å².